The first-order valence-electron chi connectivity index (χ1n) is 9.76. The summed E-state index contributed by atoms with van der Waals surface area (Å²) in [5.41, 5.74) is 5.19. The summed E-state index contributed by atoms with van der Waals surface area (Å²) < 4.78 is 11.0. The van der Waals surface area contributed by atoms with Crippen LogP contribution in [-0.4, -0.2) is 20.2 Å². The van der Waals surface area contributed by atoms with Gasteiger partial charge in [0.15, 0.2) is 6.29 Å². The molecule has 0 N–H and O–H groups in total. The number of aromatic carboxylic acids is 1. The van der Waals surface area contributed by atoms with Crippen molar-refractivity contribution >= 4 is 5.97 Å². The van der Waals surface area contributed by atoms with Gasteiger partial charge in [0.05, 0.1) is 5.97 Å². The minimum atomic E-state index is -1.15. The van der Waals surface area contributed by atoms with Crippen molar-refractivity contribution in [3.05, 3.63) is 58.7 Å². The molecule has 150 valence electrons. The van der Waals surface area contributed by atoms with Gasteiger partial charge in [0.1, 0.15) is 0 Å². The third-order valence-corrected chi connectivity index (χ3v) is 6.19. The fourth-order valence-electron chi connectivity index (χ4n) is 4.80. The SMILES string of the molecule is COC(OC)c1ccccc1-c1cc(C(=O)[O-])cc2c1C(C)(C)CC(C)C2C. The average Bonchev–Trinajstić information content (AvgIpc) is 2.66. The van der Waals surface area contributed by atoms with E-state index in [1.54, 1.807) is 20.3 Å². The predicted octanol–water partition coefficient (Wildman–Crippen LogP) is 4.43. The predicted molar refractivity (Wildman–Crippen MR) is 108 cm³/mol. The Kier molecular flexibility index (Phi) is 5.64. The lowest BCUT2D eigenvalue weighted by Gasteiger charge is -2.42. The van der Waals surface area contributed by atoms with E-state index in [1.165, 1.54) is 5.56 Å². The van der Waals surface area contributed by atoms with Crippen molar-refractivity contribution < 1.29 is 19.4 Å². The van der Waals surface area contributed by atoms with Crippen molar-refractivity contribution in [3.8, 4) is 11.1 Å². The monoisotopic (exact) mass is 381 g/mol. The summed E-state index contributed by atoms with van der Waals surface area (Å²) >= 11 is 0. The highest BCUT2D eigenvalue weighted by Gasteiger charge is 2.38. The second kappa shape index (κ2) is 7.69. The van der Waals surface area contributed by atoms with Gasteiger partial charge in [-0.2, -0.15) is 0 Å². The molecule has 0 radical (unpaired) electrons. The molecule has 0 amide bonds. The average molecular weight is 381 g/mol. The van der Waals surface area contributed by atoms with Crippen LogP contribution in [-0.2, 0) is 14.9 Å². The number of fused-ring (bicyclic) bond motifs is 1. The summed E-state index contributed by atoms with van der Waals surface area (Å²) in [6, 6.07) is 11.4. The Morgan fingerprint density at radius 1 is 1.11 bits per heavy atom. The molecule has 28 heavy (non-hydrogen) atoms. The Hall–Kier alpha value is -2.17. The second-order valence-electron chi connectivity index (χ2n) is 8.52. The van der Waals surface area contributed by atoms with Crippen molar-refractivity contribution in [2.45, 2.75) is 51.7 Å². The van der Waals surface area contributed by atoms with E-state index < -0.39 is 12.3 Å². The maximum Gasteiger partial charge on any atom is 0.183 e. The van der Waals surface area contributed by atoms with Crippen molar-refractivity contribution in [3.63, 3.8) is 0 Å². The zero-order valence-corrected chi connectivity index (χ0v) is 17.5. The Morgan fingerprint density at radius 3 is 2.36 bits per heavy atom. The highest BCUT2D eigenvalue weighted by molar-refractivity contribution is 5.90. The third kappa shape index (κ3) is 3.47. The summed E-state index contributed by atoms with van der Waals surface area (Å²) in [5, 5.41) is 11.8. The molecule has 0 spiro atoms. The molecule has 2 aromatic carbocycles. The van der Waals surface area contributed by atoms with Crippen molar-refractivity contribution in [1.29, 1.82) is 0 Å². The van der Waals surface area contributed by atoms with Gasteiger partial charge in [0.2, 0.25) is 0 Å². The number of methoxy groups -OCH3 is 2. The number of rotatable bonds is 5. The maximum absolute atomic E-state index is 11.8. The van der Waals surface area contributed by atoms with Crippen LogP contribution in [0.1, 0.15) is 73.4 Å². The number of hydrogen-bond acceptors (Lipinski definition) is 4. The molecule has 2 unspecified atom stereocenters. The number of carboxylic acid groups (broad SMARTS) is 1. The molecule has 0 fully saturated rings. The van der Waals surface area contributed by atoms with Crippen LogP contribution in [0.2, 0.25) is 0 Å². The molecular formula is C24H29O4-. The van der Waals surface area contributed by atoms with Gasteiger partial charge in [0, 0.05) is 19.8 Å². The summed E-state index contributed by atoms with van der Waals surface area (Å²) in [6.45, 7) is 8.90. The Labute approximate surface area is 167 Å². The molecule has 0 heterocycles. The highest BCUT2D eigenvalue weighted by atomic mass is 16.7. The zero-order valence-electron chi connectivity index (χ0n) is 17.5. The molecule has 1 aliphatic carbocycles. The van der Waals surface area contributed by atoms with Crippen LogP contribution in [0.5, 0.6) is 0 Å². The van der Waals surface area contributed by atoms with Crippen LogP contribution in [0.3, 0.4) is 0 Å². The van der Waals surface area contributed by atoms with Gasteiger partial charge in [-0.25, -0.2) is 0 Å². The van der Waals surface area contributed by atoms with Gasteiger partial charge >= 0.3 is 0 Å². The van der Waals surface area contributed by atoms with E-state index in [9.17, 15) is 9.90 Å². The third-order valence-electron chi connectivity index (χ3n) is 6.19. The Bertz CT molecular complexity index is 880. The standard InChI is InChI=1S/C24H30O4/c1-14-13-24(3,4)21-19(15(14)2)11-16(22(25)26)12-20(21)17-9-7-8-10-18(17)23(27-5)28-6/h7-12,14-15,23H,13H2,1-6H3,(H,25,26)/p-1. The number of carboxylic acids is 1. The molecule has 2 aromatic rings. The van der Waals surface area contributed by atoms with Crippen LogP contribution in [0.15, 0.2) is 36.4 Å². The van der Waals surface area contributed by atoms with E-state index >= 15 is 0 Å². The summed E-state index contributed by atoms with van der Waals surface area (Å²) in [5.74, 6) is -0.415. The molecule has 0 saturated carbocycles. The Morgan fingerprint density at radius 2 is 1.75 bits per heavy atom. The van der Waals surface area contributed by atoms with Crippen LogP contribution in [0.25, 0.3) is 11.1 Å². The van der Waals surface area contributed by atoms with Gasteiger partial charge in [-0.3, -0.25) is 0 Å². The topological polar surface area (TPSA) is 58.6 Å². The fraction of sp³-hybridized carbons (Fsp3) is 0.458. The van der Waals surface area contributed by atoms with Gasteiger partial charge in [-0.1, -0.05) is 52.0 Å². The van der Waals surface area contributed by atoms with Gasteiger partial charge in [-0.15, -0.1) is 0 Å². The summed E-state index contributed by atoms with van der Waals surface area (Å²) in [4.78, 5) is 11.8. The number of carbonyl (C=O) groups excluding carboxylic acids is 1. The Balaban J connectivity index is 2.37. The molecule has 0 aliphatic heterocycles. The summed E-state index contributed by atoms with van der Waals surface area (Å²) in [6.07, 6.45) is 0.514. The molecular weight excluding hydrogens is 352 g/mol. The maximum atomic E-state index is 11.8. The van der Waals surface area contributed by atoms with Gasteiger partial charge < -0.3 is 19.4 Å². The van der Waals surface area contributed by atoms with E-state index in [2.05, 4.69) is 27.7 Å². The first kappa shape index (κ1) is 20.6. The van der Waals surface area contributed by atoms with E-state index in [0.717, 1.165) is 28.7 Å². The molecule has 0 bridgehead atoms. The molecule has 3 rings (SSSR count). The molecule has 0 aromatic heterocycles. The van der Waals surface area contributed by atoms with E-state index in [-0.39, 0.29) is 16.9 Å². The number of hydrogen-bond donors (Lipinski definition) is 0. The molecule has 4 nitrogen and oxygen atoms in total. The van der Waals surface area contributed by atoms with Crippen LogP contribution in [0, 0.1) is 5.92 Å². The minimum Gasteiger partial charge on any atom is -0.545 e. The van der Waals surface area contributed by atoms with Gasteiger partial charge in [0.25, 0.3) is 0 Å². The minimum absolute atomic E-state index is 0.0796. The smallest absolute Gasteiger partial charge is 0.183 e. The lowest BCUT2D eigenvalue weighted by Crippen LogP contribution is -2.32. The number of benzene rings is 2. The largest absolute Gasteiger partial charge is 0.545 e. The number of carbonyl (C=O) groups is 1. The zero-order chi connectivity index (χ0) is 20.6. The van der Waals surface area contributed by atoms with E-state index in [0.29, 0.717) is 5.92 Å². The number of ether oxygens (including phenoxy) is 2. The lowest BCUT2D eigenvalue weighted by molar-refractivity contribution is -0.255. The fourth-order valence-corrected chi connectivity index (χ4v) is 4.80. The highest BCUT2D eigenvalue weighted by Crippen LogP contribution is 2.50. The summed E-state index contributed by atoms with van der Waals surface area (Å²) in [7, 11) is 3.21. The first-order valence-corrected chi connectivity index (χ1v) is 9.76. The van der Waals surface area contributed by atoms with Gasteiger partial charge in [-0.05, 0) is 63.6 Å². The van der Waals surface area contributed by atoms with Crippen molar-refractivity contribution in [2.75, 3.05) is 14.2 Å². The van der Waals surface area contributed by atoms with Crippen LogP contribution >= 0.6 is 0 Å². The normalized spacial score (nSPS) is 20.8. The first-order chi connectivity index (χ1) is 13.2. The van der Waals surface area contributed by atoms with Crippen molar-refractivity contribution in [2.24, 2.45) is 5.92 Å². The molecule has 4 heteroatoms. The van der Waals surface area contributed by atoms with E-state index in [4.69, 9.17) is 9.47 Å². The quantitative estimate of drug-likeness (QED) is 0.719. The van der Waals surface area contributed by atoms with Crippen molar-refractivity contribution in [1.82, 2.24) is 0 Å². The molecule has 1 aliphatic rings. The van der Waals surface area contributed by atoms with Crippen LogP contribution in [0.4, 0.5) is 0 Å². The lowest BCUT2D eigenvalue weighted by atomic mass is 9.62. The van der Waals surface area contributed by atoms with E-state index in [1.807, 2.05) is 30.3 Å². The second-order valence-corrected chi connectivity index (χ2v) is 8.52. The molecule has 0 saturated heterocycles. The van der Waals surface area contributed by atoms with Crippen LogP contribution < -0.4 is 5.11 Å². The molecule has 2 atom stereocenters.